The van der Waals surface area contributed by atoms with Gasteiger partial charge in [-0.15, -0.1) is 0 Å². The lowest BCUT2D eigenvalue weighted by Gasteiger charge is -2.09. The van der Waals surface area contributed by atoms with Crippen LogP contribution in [-0.2, 0) is 11.0 Å². The smallest absolute Gasteiger partial charge is 0.436 e. The highest BCUT2D eigenvalue weighted by Gasteiger charge is 2.37. The first-order valence-corrected chi connectivity index (χ1v) is 4.69. The number of rotatable bonds is 3. The Morgan fingerprint density at radius 3 is 2.56 bits per heavy atom. The number of aromatic nitrogens is 2. The normalized spacial score (nSPS) is 13.8. The van der Waals surface area contributed by atoms with Gasteiger partial charge in [0.15, 0.2) is 5.69 Å². The summed E-state index contributed by atoms with van der Waals surface area (Å²) in [4.78, 5) is 10.7. The highest BCUT2D eigenvalue weighted by molar-refractivity contribution is 6.31. The van der Waals surface area contributed by atoms with Gasteiger partial charge in [0, 0.05) is 6.20 Å². The maximum atomic E-state index is 12.3. The van der Waals surface area contributed by atoms with Gasteiger partial charge in [-0.3, -0.25) is 4.68 Å². The standard InChI is InChI=1S/C8H8ClF3N2O2/c1-2-5(7(15)16)14-3-4(9)6(13-14)8(10,11)12/h3,5H,2H2,1H3,(H,15,16)/t5-/m1/s1. The van der Waals surface area contributed by atoms with Gasteiger partial charge in [-0.1, -0.05) is 18.5 Å². The van der Waals surface area contributed by atoms with Gasteiger partial charge in [0.25, 0.3) is 0 Å². The zero-order chi connectivity index (χ0) is 12.5. The van der Waals surface area contributed by atoms with Gasteiger partial charge >= 0.3 is 12.1 Å². The lowest BCUT2D eigenvalue weighted by Crippen LogP contribution is -2.19. The predicted molar refractivity (Wildman–Crippen MR) is 49.2 cm³/mol. The third-order valence-electron chi connectivity index (χ3n) is 1.95. The van der Waals surface area contributed by atoms with E-state index in [0.717, 1.165) is 6.20 Å². The van der Waals surface area contributed by atoms with E-state index in [1.807, 2.05) is 0 Å². The first-order valence-electron chi connectivity index (χ1n) is 4.32. The first kappa shape index (κ1) is 12.8. The summed E-state index contributed by atoms with van der Waals surface area (Å²) in [6.45, 7) is 1.53. The molecule has 0 unspecified atom stereocenters. The van der Waals surface area contributed by atoms with Gasteiger partial charge in [-0.25, -0.2) is 4.79 Å². The van der Waals surface area contributed by atoms with Gasteiger partial charge < -0.3 is 5.11 Å². The Morgan fingerprint density at radius 2 is 2.25 bits per heavy atom. The van der Waals surface area contributed by atoms with E-state index in [9.17, 15) is 18.0 Å². The van der Waals surface area contributed by atoms with Crippen LogP contribution in [0.3, 0.4) is 0 Å². The number of carboxylic acids is 1. The molecular formula is C8H8ClF3N2O2. The van der Waals surface area contributed by atoms with Crippen LogP contribution in [0.4, 0.5) is 13.2 Å². The molecule has 0 saturated heterocycles. The van der Waals surface area contributed by atoms with Crippen molar-refractivity contribution in [1.82, 2.24) is 9.78 Å². The Hall–Kier alpha value is -1.24. The monoisotopic (exact) mass is 256 g/mol. The number of hydrogen-bond acceptors (Lipinski definition) is 2. The van der Waals surface area contributed by atoms with E-state index in [1.54, 1.807) is 0 Å². The number of aliphatic carboxylic acids is 1. The molecule has 0 aromatic carbocycles. The molecule has 8 heteroatoms. The van der Waals surface area contributed by atoms with Crippen LogP contribution in [0.2, 0.25) is 5.02 Å². The number of carboxylic acid groups (broad SMARTS) is 1. The van der Waals surface area contributed by atoms with Crippen molar-refractivity contribution in [1.29, 1.82) is 0 Å². The maximum absolute atomic E-state index is 12.3. The quantitative estimate of drug-likeness (QED) is 0.904. The van der Waals surface area contributed by atoms with Crippen LogP contribution in [0.5, 0.6) is 0 Å². The van der Waals surface area contributed by atoms with Crippen molar-refractivity contribution >= 4 is 17.6 Å². The molecule has 0 radical (unpaired) electrons. The molecule has 0 fully saturated rings. The summed E-state index contributed by atoms with van der Waals surface area (Å²) in [6, 6.07) is -1.14. The summed E-state index contributed by atoms with van der Waals surface area (Å²) >= 11 is 5.34. The van der Waals surface area contributed by atoms with E-state index in [-0.39, 0.29) is 6.42 Å². The molecule has 0 amide bonds. The van der Waals surface area contributed by atoms with Crippen molar-refractivity contribution in [2.45, 2.75) is 25.6 Å². The molecule has 16 heavy (non-hydrogen) atoms. The number of carbonyl (C=O) groups is 1. The average Bonchev–Trinajstić information content (AvgIpc) is 2.47. The topological polar surface area (TPSA) is 55.1 Å². The molecule has 0 bridgehead atoms. The van der Waals surface area contributed by atoms with E-state index in [4.69, 9.17) is 16.7 Å². The fourth-order valence-electron chi connectivity index (χ4n) is 1.20. The van der Waals surface area contributed by atoms with Crippen LogP contribution < -0.4 is 0 Å². The van der Waals surface area contributed by atoms with Crippen molar-refractivity contribution in [3.63, 3.8) is 0 Å². The average molecular weight is 257 g/mol. The first-order chi connectivity index (χ1) is 7.27. The predicted octanol–water partition coefficient (Wildman–Crippen LogP) is 2.59. The van der Waals surface area contributed by atoms with Gasteiger partial charge in [-0.05, 0) is 6.42 Å². The fraction of sp³-hybridized carbons (Fsp3) is 0.500. The Labute approximate surface area is 93.6 Å². The lowest BCUT2D eigenvalue weighted by atomic mass is 10.2. The van der Waals surface area contributed by atoms with E-state index < -0.39 is 28.9 Å². The van der Waals surface area contributed by atoms with Crippen molar-refractivity contribution in [3.05, 3.63) is 16.9 Å². The molecule has 0 aliphatic carbocycles. The zero-order valence-electron chi connectivity index (χ0n) is 8.12. The molecule has 1 atom stereocenters. The van der Waals surface area contributed by atoms with E-state index in [0.29, 0.717) is 4.68 Å². The molecular weight excluding hydrogens is 249 g/mol. The highest BCUT2D eigenvalue weighted by Crippen LogP contribution is 2.34. The minimum atomic E-state index is -4.68. The largest absolute Gasteiger partial charge is 0.480 e. The van der Waals surface area contributed by atoms with Crippen LogP contribution in [0, 0.1) is 0 Å². The van der Waals surface area contributed by atoms with Crippen LogP contribution in [0.15, 0.2) is 6.20 Å². The van der Waals surface area contributed by atoms with E-state index >= 15 is 0 Å². The van der Waals surface area contributed by atoms with Crippen molar-refractivity contribution < 1.29 is 23.1 Å². The molecule has 1 heterocycles. The molecule has 1 aromatic heterocycles. The van der Waals surface area contributed by atoms with Gasteiger partial charge in [0.05, 0.1) is 5.02 Å². The Morgan fingerprint density at radius 1 is 1.69 bits per heavy atom. The second kappa shape index (κ2) is 4.32. The molecule has 0 spiro atoms. The number of halogens is 4. The lowest BCUT2D eigenvalue weighted by molar-refractivity contribution is -0.144. The minimum absolute atomic E-state index is 0.116. The second-order valence-electron chi connectivity index (χ2n) is 3.07. The van der Waals surface area contributed by atoms with Crippen LogP contribution in [-0.4, -0.2) is 20.9 Å². The maximum Gasteiger partial charge on any atom is 0.436 e. The summed E-state index contributed by atoms with van der Waals surface area (Å²) in [6.07, 6.45) is -3.70. The Bertz CT molecular complexity index is 402. The Balaban J connectivity index is 3.14. The van der Waals surface area contributed by atoms with Gasteiger partial charge in [0.1, 0.15) is 6.04 Å². The molecule has 90 valence electrons. The molecule has 0 aliphatic heterocycles. The van der Waals surface area contributed by atoms with E-state index in [1.165, 1.54) is 6.92 Å². The van der Waals surface area contributed by atoms with Crippen LogP contribution in [0.25, 0.3) is 0 Å². The molecule has 0 aliphatic rings. The molecule has 0 saturated carbocycles. The Kier molecular flexibility index (Phi) is 3.47. The van der Waals surface area contributed by atoms with Gasteiger partial charge in [-0.2, -0.15) is 18.3 Å². The SMILES string of the molecule is CC[C@H](C(=O)O)n1cc(Cl)c(C(F)(F)F)n1. The third kappa shape index (κ3) is 2.46. The third-order valence-corrected chi connectivity index (χ3v) is 2.22. The fourth-order valence-corrected chi connectivity index (χ4v) is 1.44. The van der Waals surface area contributed by atoms with Crippen LogP contribution >= 0.6 is 11.6 Å². The van der Waals surface area contributed by atoms with E-state index in [2.05, 4.69) is 5.10 Å². The van der Waals surface area contributed by atoms with Gasteiger partial charge in [0.2, 0.25) is 0 Å². The van der Waals surface area contributed by atoms with Crippen LogP contribution in [0.1, 0.15) is 25.1 Å². The summed E-state index contributed by atoms with van der Waals surface area (Å²) in [5.74, 6) is -1.25. The number of alkyl halides is 3. The van der Waals surface area contributed by atoms with Crippen molar-refractivity contribution in [2.24, 2.45) is 0 Å². The molecule has 1 rings (SSSR count). The summed E-state index contributed by atoms with van der Waals surface area (Å²) in [5, 5.41) is 11.3. The van der Waals surface area contributed by atoms with Crippen molar-refractivity contribution in [3.8, 4) is 0 Å². The number of hydrogen-bond donors (Lipinski definition) is 1. The molecule has 1 aromatic rings. The summed E-state index contributed by atoms with van der Waals surface area (Å²) < 4.78 is 37.7. The molecule has 1 N–H and O–H groups in total. The second-order valence-corrected chi connectivity index (χ2v) is 3.47. The molecule has 4 nitrogen and oxygen atoms in total. The number of nitrogens with zero attached hydrogens (tertiary/aromatic N) is 2. The van der Waals surface area contributed by atoms with Crippen molar-refractivity contribution in [2.75, 3.05) is 0 Å². The zero-order valence-corrected chi connectivity index (χ0v) is 8.88. The summed E-state index contributed by atoms with van der Waals surface area (Å²) in [5.41, 5.74) is -1.27. The summed E-state index contributed by atoms with van der Waals surface area (Å²) in [7, 11) is 0. The highest BCUT2D eigenvalue weighted by atomic mass is 35.5. The minimum Gasteiger partial charge on any atom is -0.480 e.